The molecule has 3 rings (SSSR count). The van der Waals surface area contributed by atoms with Crippen LogP contribution >= 0.6 is 0 Å². The van der Waals surface area contributed by atoms with Gasteiger partial charge in [0.15, 0.2) is 0 Å². The van der Waals surface area contributed by atoms with Crippen molar-refractivity contribution in [1.29, 1.82) is 0 Å². The van der Waals surface area contributed by atoms with Crippen LogP contribution in [0, 0.1) is 6.92 Å². The fourth-order valence-electron chi connectivity index (χ4n) is 3.05. The molecule has 1 N–H and O–H groups in total. The third-order valence-corrected chi connectivity index (χ3v) is 4.22. The maximum absolute atomic E-state index is 10.9. The molecule has 0 atom stereocenters. The Kier molecular flexibility index (Phi) is 10.9. The Morgan fingerprint density at radius 1 is 1.00 bits per heavy atom. The third kappa shape index (κ3) is 5.92. The van der Waals surface area contributed by atoms with Gasteiger partial charge in [0, 0.05) is 38.0 Å². The van der Waals surface area contributed by atoms with E-state index in [0.29, 0.717) is 0 Å². The number of allylic oxidation sites excluding steroid dienone is 3. The van der Waals surface area contributed by atoms with Gasteiger partial charge in [-0.05, 0) is 61.4 Å². The Morgan fingerprint density at radius 2 is 1.67 bits per heavy atom. The van der Waals surface area contributed by atoms with Crippen LogP contribution in [0.3, 0.4) is 0 Å². The van der Waals surface area contributed by atoms with Gasteiger partial charge in [0.05, 0.1) is 7.11 Å². The lowest BCUT2D eigenvalue weighted by molar-refractivity contribution is -0.104. The predicted molar refractivity (Wildman–Crippen MR) is 121 cm³/mol. The topological polar surface area (TPSA) is 65.0 Å². The van der Waals surface area contributed by atoms with Crippen LogP contribution in [-0.4, -0.2) is 39.8 Å². The van der Waals surface area contributed by atoms with Gasteiger partial charge < -0.3 is 19.3 Å². The summed E-state index contributed by atoms with van der Waals surface area (Å²) < 4.78 is 15.6. The van der Waals surface area contributed by atoms with Crippen molar-refractivity contribution in [2.24, 2.45) is 0 Å². The van der Waals surface area contributed by atoms with Crippen LogP contribution in [0.4, 0.5) is 0 Å². The van der Waals surface area contributed by atoms with Crippen molar-refractivity contribution in [1.82, 2.24) is 0 Å². The average Bonchev–Trinajstić information content (AvgIpc) is 2.78. The van der Waals surface area contributed by atoms with Gasteiger partial charge in [-0.2, -0.15) is 0 Å². The molecule has 0 aliphatic carbocycles. The molecule has 0 saturated heterocycles. The van der Waals surface area contributed by atoms with Crippen LogP contribution in [0.15, 0.2) is 72.0 Å². The average molecular weight is 411 g/mol. The molecule has 2 aromatic rings. The molecule has 5 nitrogen and oxygen atoms in total. The molecule has 1 heterocycles. The minimum atomic E-state index is 0.738. The van der Waals surface area contributed by atoms with Gasteiger partial charge in [0.1, 0.15) is 23.5 Å². The minimum absolute atomic E-state index is 0.738. The second kappa shape index (κ2) is 13.1. The number of benzene rings is 2. The first-order chi connectivity index (χ1) is 14.6. The highest BCUT2D eigenvalue weighted by Crippen LogP contribution is 2.42. The molecule has 5 heteroatoms. The number of carbonyl (C=O) groups excluding carboxylic acids is 1. The van der Waals surface area contributed by atoms with E-state index >= 15 is 0 Å². The summed E-state index contributed by atoms with van der Waals surface area (Å²) in [5.74, 6) is 2.37. The zero-order valence-corrected chi connectivity index (χ0v) is 18.4. The summed E-state index contributed by atoms with van der Waals surface area (Å²) in [6, 6.07) is 13.9. The number of aryl methyl sites for hydroxylation is 1. The van der Waals surface area contributed by atoms with Crippen molar-refractivity contribution in [3.8, 4) is 11.5 Å². The summed E-state index contributed by atoms with van der Waals surface area (Å²) in [6.45, 7) is 3.98. The van der Waals surface area contributed by atoms with Gasteiger partial charge in [-0.15, -0.1) is 0 Å². The van der Waals surface area contributed by atoms with E-state index < -0.39 is 0 Å². The van der Waals surface area contributed by atoms with Crippen LogP contribution in [0.5, 0.6) is 11.5 Å². The summed E-state index contributed by atoms with van der Waals surface area (Å²) in [5, 5.41) is 7.00. The van der Waals surface area contributed by atoms with Crippen LogP contribution in [0.1, 0.15) is 23.6 Å². The Morgan fingerprint density at radius 3 is 2.23 bits per heavy atom. The Hall–Kier alpha value is -3.15. The van der Waals surface area contributed by atoms with Gasteiger partial charge in [-0.3, -0.25) is 4.79 Å². The van der Waals surface area contributed by atoms with E-state index in [1.165, 1.54) is 6.08 Å². The lowest BCUT2D eigenvalue weighted by atomic mass is 9.87. The Labute approximate surface area is 178 Å². The molecule has 160 valence electrons. The van der Waals surface area contributed by atoms with Crippen LogP contribution < -0.4 is 9.47 Å². The Balaban J connectivity index is 0.000000826. The number of hydrogen-bond donors (Lipinski definition) is 1. The fourth-order valence-corrected chi connectivity index (χ4v) is 3.05. The monoisotopic (exact) mass is 410 g/mol. The predicted octanol–water partition coefficient (Wildman–Crippen LogP) is 4.73. The highest BCUT2D eigenvalue weighted by molar-refractivity contribution is 5.91. The summed E-state index contributed by atoms with van der Waals surface area (Å²) in [4.78, 5) is 10.9. The third-order valence-electron chi connectivity index (χ3n) is 4.22. The number of aliphatic hydroxyl groups excluding tert-OH is 1. The lowest BCUT2D eigenvalue weighted by Gasteiger charge is -2.26. The summed E-state index contributed by atoms with van der Waals surface area (Å²) >= 11 is 0. The highest BCUT2D eigenvalue weighted by atomic mass is 16.5. The number of rotatable bonds is 4. The van der Waals surface area contributed by atoms with Crippen LogP contribution in [-0.2, 0) is 9.53 Å². The number of para-hydroxylation sites is 1. The molecule has 0 amide bonds. The zero-order chi connectivity index (χ0) is 22.5. The van der Waals surface area contributed by atoms with Gasteiger partial charge in [-0.25, -0.2) is 0 Å². The van der Waals surface area contributed by atoms with E-state index in [-0.39, 0.29) is 0 Å². The summed E-state index contributed by atoms with van der Waals surface area (Å²) in [5.41, 5.74) is 5.13. The fraction of sp³-hybridized carbons (Fsp3) is 0.240. The molecule has 0 unspecified atom stereocenters. The highest BCUT2D eigenvalue weighted by Gasteiger charge is 2.24. The first-order valence-corrected chi connectivity index (χ1v) is 9.41. The Bertz CT molecular complexity index is 923. The SMILES string of the molecule is C/C=C1/Oc2ccccc2C(c2ccc(OC)cc2C)=C1/C=C\C=O.CO.COC. The van der Waals surface area contributed by atoms with E-state index in [1.54, 1.807) is 27.4 Å². The zero-order valence-electron chi connectivity index (χ0n) is 18.4. The van der Waals surface area contributed by atoms with E-state index in [1.807, 2.05) is 55.5 Å². The molecule has 30 heavy (non-hydrogen) atoms. The van der Waals surface area contributed by atoms with Crippen molar-refractivity contribution in [3.05, 3.63) is 88.7 Å². The lowest BCUT2D eigenvalue weighted by Crippen LogP contribution is -2.10. The summed E-state index contributed by atoms with van der Waals surface area (Å²) in [7, 11) is 5.91. The minimum Gasteiger partial charge on any atom is -0.497 e. The largest absolute Gasteiger partial charge is 0.497 e. The van der Waals surface area contributed by atoms with E-state index in [2.05, 4.69) is 11.7 Å². The van der Waals surface area contributed by atoms with E-state index in [9.17, 15) is 4.79 Å². The van der Waals surface area contributed by atoms with E-state index in [0.717, 1.165) is 58.5 Å². The number of fused-ring (bicyclic) bond motifs is 1. The number of methoxy groups -OCH3 is 2. The molecule has 1 aliphatic rings. The number of carbonyl (C=O) groups is 1. The standard InChI is InChI=1S/C22H20O3.C2H6O.CH4O/c1-4-20-18(9-7-13-23)22(19-8-5-6-10-21(19)25-20)17-12-11-16(24-3)14-15(17)2;1-3-2;1-2/h4-14H,1-3H3;1-2H3;2H,1H3/b9-7-,20-4+;;. The van der Waals surface area contributed by atoms with Gasteiger partial charge in [0.25, 0.3) is 0 Å². The number of ether oxygens (including phenoxy) is 3. The quantitative estimate of drug-likeness (QED) is 0.583. The first-order valence-electron chi connectivity index (χ1n) is 9.41. The van der Waals surface area contributed by atoms with Crippen molar-refractivity contribution in [2.75, 3.05) is 28.4 Å². The second-order valence-electron chi connectivity index (χ2n) is 6.12. The molecule has 0 radical (unpaired) electrons. The van der Waals surface area contributed by atoms with E-state index in [4.69, 9.17) is 14.6 Å². The van der Waals surface area contributed by atoms with Crippen LogP contribution in [0.25, 0.3) is 5.57 Å². The molecule has 0 fully saturated rings. The molecule has 0 spiro atoms. The van der Waals surface area contributed by atoms with Gasteiger partial charge >= 0.3 is 0 Å². The normalized spacial score (nSPS) is 13.5. The molecular weight excluding hydrogens is 380 g/mol. The molecule has 1 aliphatic heterocycles. The molecule has 0 aromatic heterocycles. The van der Waals surface area contributed by atoms with Crippen molar-refractivity contribution < 1.29 is 24.1 Å². The van der Waals surface area contributed by atoms with Gasteiger partial charge in [-0.1, -0.05) is 24.3 Å². The number of aldehydes is 1. The molecular formula is C25H30O5. The van der Waals surface area contributed by atoms with Gasteiger partial charge in [0.2, 0.25) is 0 Å². The summed E-state index contributed by atoms with van der Waals surface area (Å²) in [6.07, 6.45) is 5.99. The van der Waals surface area contributed by atoms with Crippen molar-refractivity contribution >= 4 is 11.9 Å². The molecule has 0 bridgehead atoms. The first kappa shape index (κ1) is 24.9. The second-order valence-corrected chi connectivity index (χ2v) is 6.12. The maximum atomic E-state index is 10.9. The van der Waals surface area contributed by atoms with Crippen molar-refractivity contribution in [2.45, 2.75) is 13.8 Å². The number of aliphatic hydroxyl groups is 1. The molecule has 2 aromatic carbocycles. The number of hydrogen-bond acceptors (Lipinski definition) is 5. The maximum Gasteiger partial charge on any atom is 0.142 e. The smallest absolute Gasteiger partial charge is 0.142 e. The molecule has 0 saturated carbocycles. The van der Waals surface area contributed by atoms with Crippen LogP contribution in [0.2, 0.25) is 0 Å². The van der Waals surface area contributed by atoms with Crippen molar-refractivity contribution in [3.63, 3.8) is 0 Å².